The maximum Gasteiger partial charge on any atom is 0.244 e. The molecule has 21 heavy (non-hydrogen) atoms. The molecule has 2 atom stereocenters. The molecule has 0 saturated heterocycles. The van der Waals surface area contributed by atoms with Gasteiger partial charge >= 0.3 is 0 Å². The third-order valence-electron chi connectivity index (χ3n) is 3.62. The summed E-state index contributed by atoms with van der Waals surface area (Å²) in [5.74, 6) is -0.211. The predicted octanol–water partition coefficient (Wildman–Crippen LogP) is 3.82. The van der Waals surface area contributed by atoms with Crippen molar-refractivity contribution < 1.29 is 9.90 Å². The van der Waals surface area contributed by atoms with Crippen molar-refractivity contribution in [2.24, 2.45) is 0 Å². The molecule has 2 N–H and O–H groups in total. The first-order chi connectivity index (χ1) is 10.0. The van der Waals surface area contributed by atoms with Crippen LogP contribution in [-0.2, 0) is 4.79 Å². The zero-order chi connectivity index (χ0) is 15.2. The van der Waals surface area contributed by atoms with Crippen LogP contribution < -0.4 is 5.32 Å². The van der Waals surface area contributed by atoms with Crippen molar-refractivity contribution in [3.05, 3.63) is 39.9 Å². The molecule has 1 amide bonds. The second-order valence-corrected chi connectivity index (χ2v) is 6.23. The standard InChI is InChI=1S/C16H19Cl2NO2/c17-12-8-11(9-13(18)10-12)6-7-16(21)19-14-4-2-1-3-5-15(14)20/h6-10,14-15,20H,1-5H2,(H,19,21)/b7-6+. The molecule has 2 rings (SSSR count). The van der Waals surface area contributed by atoms with Gasteiger partial charge in [-0.15, -0.1) is 0 Å². The number of nitrogens with one attached hydrogen (secondary N) is 1. The van der Waals surface area contributed by atoms with Gasteiger partial charge in [0.2, 0.25) is 5.91 Å². The molecule has 0 bridgehead atoms. The summed E-state index contributed by atoms with van der Waals surface area (Å²) in [6.07, 6.45) is 7.39. The first kappa shape index (κ1) is 16.3. The third-order valence-corrected chi connectivity index (χ3v) is 4.06. The summed E-state index contributed by atoms with van der Waals surface area (Å²) in [5, 5.41) is 13.9. The first-order valence-corrected chi connectivity index (χ1v) is 7.93. The zero-order valence-electron chi connectivity index (χ0n) is 11.7. The fourth-order valence-electron chi connectivity index (χ4n) is 2.53. The van der Waals surface area contributed by atoms with Gasteiger partial charge in [0.15, 0.2) is 0 Å². The molecule has 0 spiro atoms. The topological polar surface area (TPSA) is 49.3 Å². The molecule has 1 aromatic rings. The van der Waals surface area contributed by atoms with Crippen molar-refractivity contribution in [2.45, 2.75) is 44.2 Å². The molecule has 1 fully saturated rings. The van der Waals surface area contributed by atoms with Crippen LogP contribution in [0, 0.1) is 0 Å². The SMILES string of the molecule is O=C(/C=C/c1cc(Cl)cc(Cl)c1)NC1CCCCCC1O. The van der Waals surface area contributed by atoms with Crippen LogP contribution in [0.2, 0.25) is 10.0 Å². The lowest BCUT2D eigenvalue weighted by Gasteiger charge is -2.20. The highest BCUT2D eigenvalue weighted by Crippen LogP contribution is 2.20. The van der Waals surface area contributed by atoms with E-state index in [0.717, 1.165) is 37.7 Å². The summed E-state index contributed by atoms with van der Waals surface area (Å²) in [4.78, 5) is 11.9. The van der Waals surface area contributed by atoms with Crippen LogP contribution in [0.25, 0.3) is 6.08 Å². The van der Waals surface area contributed by atoms with E-state index in [4.69, 9.17) is 23.2 Å². The van der Waals surface area contributed by atoms with Crippen LogP contribution in [-0.4, -0.2) is 23.2 Å². The van der Waals surface area contributed by atoms with Gasteiger partial charge in [0, 0.05) is 16.1 Å². The second-order valence-electron chi connectivity index (χ2n) is 5.36. The molecule has 0 heterocycles. The van der Waals surface area contributed by atoms with Gasteiger partial charge in [-0.05, 0) is 42.7 Å². The molecular weight excluding hydrogens is 309 g/mol. The Morgan fingerprint density at radius 2 is 1.81 bits per heavy atom. The van der Waals surface area contributed by atoms with E-state index in [0.29, 0.717) is 10.0 Å². The minimum Gasteiger partial charge on any atom is -0.391 e. The van der Waals surface area contributed by atoms with Gasteiger partial charge in [-0.3, -0.25) is 4.79 Å². The van der Waals surface area contributed by atoms with Crippen molar-refractivity contribution in [3.63, 3.8) is 0 Å². The smallest absolute Gasteiger partial charge is 0.244 e. The van der Waals surface area contributed by atoms with Crippen LogP contribution in [0.1, 0.15) is 37.7 Å². The monoisotopic (exact) mass is 327 g/mol. The number of benzene rings is 1. The van der Waals surface area contributed by atoms with E-state index in [2.05, 4.69) is 5.32 Å². The molecule has 0 radical (unpaired) electrons. The number of hydrogen-bond acceptors (Lipinski definition) is 2. The van der Waals surface area contributed by atoms with Crippen molar-refractivity contribution in [1.29, 1.82) is 0 Å². The van der Waals surface area contributed by atoms with Crippen molar-refractivity contribution in [1.82, 2.24) is 5.32 Å². The van der Waals surface area contributed by atoms with E-state index in [1.54, 1.807) is 24.3 Å². The number of rotatable bonds is 3. The molecule has 1 aliphatic carbocycles. The van der Waals surface area contributed by atoms with E-state index in [1.165, 1.54) is 6.08 Å². The number of carbonyl (C=O) groups is 1. The maximum absolute atomic E-state index is 11.9. The number of aliphatic hydroxyl groups excluding tert-OH is 1. The van der Waals surface area contributed by atoms with E-state index in [9.17, 15) is 9.90 Å². The van der Waals surface area contributed by atoms with Gasteiger partial charge in [0.25, 0.3) is 0 Å². The minimum atomic E-state index is -0.453. The number of aliphatic hydroxyl groups is 1. The average molecular weight is 328 g/mol. The molecular formula is C16H19Cl2NO2. The Labute approximate surface area is 134 Å². The Balaban J connectivity index is 1.95. The molecule has 1 saturated carbocycles. The fraction of sp³-hybridized carbons (Fsp3) is 0.438. The minimum absolute atomic E-state index is 0.160. The molecule has 2 unspecified atom stereocenters. The Morgan fingerprint density at radius 1 is 1.14 bits per heavy atom. The lowest BCUT2D eigenvalue weighted by atomic mass is 10.1. The van der Waals surface area contributed by atoms with E-state index >= 15 is 0 Å². The number of amides is 1. The van der Waals surface area contributed by atoms with E-state index < -0.39 is 6.10 Å². The lowest BCUT2D eigenvalue weighted by molar-refractivity contribution is -0.118. The van der Waals surface area contributed by atoms with E-state index in [1.807, 2.05) is 0 Å². The summed E-state index contributed by atoms with van der Waals surface area (Å²) in [6.45, 7) is 0. The van der Waals surface area contributed by atoms with Crippen LogP contribution in [0.3, 0.4) is 0 Å². The Kier molecular flexibility index (Phi) is 6.09. The first-order valence-electron chi connectivity index (χ1n) is 7.17. The van der Waals surface area contributed by atoms with Crippen molar-refractivity contribution in [2.75, 3.05) is 0 Å². The summed E-state index contributed by atoms with van der Waals surface area (Å²) >= 11 is 11.8. The van der Waals surface area contributed by atoms with Crippen LogP contribution in [0.4, 0.5) is 0 Å². The summed E-state index contributed by atoms with van der Waals surface area (Å²) in [6, 6.07) is 4.95. The van der Waals surface area contributed by atoms with Gasteiger partial charge in [0.1, 0.15) is 0 Å². The lowest BCUT2D eigenvalue weighted by Crippen LogP contribution is -2.41. The quantitative estimate of drug-likeness (QED) is 0.655. The Morgan fingerprint density at radius 3 is 2.52 bits per heavy atom. The average Bonchev–Trinajstić information content (AvgIpc) is 2.61. The molecule has 1 aromatic carbocycles. The Bertz CT molecular complexity index is 511. The molecule has 3 nitrogen and oxygen atoms in total. The van der Waals surface area contributed by atoms with E-state index in [-0.39, 0.29) is 11.9 Å². The number of hydrogen-bond donors (Lipinski definition) is 2. The van der Waals surface area contributed by atoms with Crippen molar-refractivity contribution >= 4 is 35.2 Å². The molecule has 0 aromatic heterocycles. The van der Waals surface area contributed by atoms with Crippen molar-refractivity contribution in [3.8, 4) is 0 Å². The van der Waals surface area contributed by atoms with Crippen LogP contribution in [0.5, 0.6) is 0 Å². The van der Waals surface area contributed by atoms with Gasteiger partial charge < -0.3 is 10.4 Å². The maximum atomic E-state index is 11.9. The Hall–Kier alpha value is -1.03. The summed E-state index contributed by atoms with van der Waals surface area (Å²) in [5.41, 5.74) is 0.768. The molecule has 5 heteroatoms. The van der Waals surface area contributed by atoms with Crippen LogP contribution in [0.15, 0.2) is 24.3 Å². The van der Waals surface area contributed by atoms with Crippen LogP contribution >= 0.6 is 23.2 Å². The molecule has 114 valence electrons. The molecule has 0 aliphatic heterocycles. The number of carbonyl (C=O) groups excluding carboxylic acids is 1. The molecule has 1 aliphatic rings. The largest absolute Gasteiger partial charge is 0.391 e. The van der Waals surface area contributed by atoms with Gasteiger partial charge in [-0.2, -0.15) is 0 Å². The number of halogens is 2. The third kappa shape index (κ3) is 5.34. The summed E-state index contributed by atoms with van der Waals surface area (Å²) in [7, 11) is 0. The zero-order valence-corrected chi connectivity index (χ0v) is 13.2. The predicted molar refractivity (Wildman–Crippen MR) is 86.5 cm³/mol. The highest BCUT2D eigenvalue weighted by atomic mass is 35.5. The highest BCUT2D eigenvalue weighted by Gasteiger charge is 2.22. The summed E-state index contributed by atoms with van der Waals surface area (Å²) < 4.78 is 0. The van der Waals surface area contributed by atoms with Gasteiger partial charge in [-0.1, -0.05) is 42.5 Å². The highest BCUT2D eigenvalue weighted by molar-refractivity contribution is 6.34. The van der Waals surface area contributed by atoms with Gasteiger partial charge in [0.05, 0.1) is 12.1 Å². The second kappa shape index (κ2) is 7.83. The van der Waals surface area contributed by atoms with Gasteiger partial charge in [-0.25, -0.2) is 0 Å². The normalized spacial score (nSPS) is 23.0. The fourth-order valence-corrected chi connectivity index (χ4v) is 3.07.